The Morgan fingerprint density at radius 3 is 2.30 bits per heavy atom. The summed E-state index contributed by atoms with van der Waals surface area (Å²) in [6.07, 6.45) is 2.68. The van der Waals surface area contributed by atoms with Gasteiger partial charge in [-0.05, 0) is 50.1 Å². The second-order valence-electron chi connectivity index (χ2n) is 6.74. The smallest absolute Gasteiger partial charge is 0.103 e. The molecule has 2 aromatic carbocycles. The zero-order valence-corrected chi connectivity index (χ0v) is 18.0. The maximum Gasteiger partial charge on any atom is 0.103 e. The van der Waals surface area contributed by atoms with Crippen molar-refractivity contribution in [1.82, 2.24) is 9.78 Å². The van der Waals surface area contributed by atoms with Crippen LogP contribution < -0.4 is 0 Å². The molecule has 2 nitrogen and oxygen atoms in total. The van der Waals surface area contributed by atoms with E-state index in [2.05, 4.69) is 56.3 Å². The highest BCUT2D eigenvalue weighted by Crippen LogP contribution is 2.37. The van der Waals surface area contributed by atoms with Crippen molar-refractivity contribution in [3.8, 4) is 0 Å². The first-order valence-electron chi connectivity index (χ1n) is 8.80. The molecule has 0 aliphatic carbocycles. The van der Waals surface area contributed by atoms with Gasteiger partial charge in [-0.25, -0.2) is 0 Å². The van der Waals surface area contributed by atoms with Gasteiger partial charge in [0.15, 0.2) is 0 Å². The van der Waals surface area contributed by atoms with Gasteiger partial charge in [-0.3, -0.25) is 4.68 Å². The predicted molar refractivity (Wildman–Crippen MR) is 117 cm³/mol. The molecule has 1 heterocycles. The summed E-state index contributed by atoms with van der Waals surface area (Å²) in [5, 5.41) is 7.20. The first-order chi connectivity index (χ1) is 12.9. The number of halogens is 2. The summed E-state index contributed by atoms with van der Waals surface area (Å²) in [4.78, 5) is 1.01. The van der Waals surface area contributed by atoms with Crippen LogP contribution in [0.25, 0.3) is 6.08 Å². The molecule has 0 bridgehead atoms. The van der Waals surface area contributed by atoms with Crippen LogP contribution >= 0.6 is 35.0 Å². The molecule has 0 spiro atoms. The van der Waals surface area contributed by atoms with E-state index >= 15 is 0 Å². The fourth-order valence-electron chi connectivity index (χ4n) is 2.90. The highest BCUT2D eigenvalue weighted by Gasteiger charge is 2.19. The van der Waals surface area contributed by atoms with Crippen molar-refractivity contribution >= 4 is 41.0 Å². The molecule has 5 heteroatoms. The van der Waals surface area contributed by atoms with Gasteiger partial charge in [-0.15, -0.1) is 0 Å². The van der Waals surface area contributed by atoms with Crippen molar-refractivity contribution < 1.29 is 0 Å². The van der Waals surface area contributed by atoms with Gasteiger partial charge in [-0.1, -0.05) is 71.9 Å². The molecule has 0 N–H and O–H groups in total. The van der Waals surface area contributed by atoms with E-state index < -0.39 is 0 Å². The highest BCUT2D eigenvalue weighted by molar-refractivity contribution is 7.99. The summed E-state index contributed by atoms with van der Waals surface area (Å²) in [6.45, 7) is 10.2. The summed E-state index contributed by atoms with van der Waals surface area (Å²) in [6, 6.07) is 14.4. The third-order valence-electron chi connectivity index (χ3n) is 4.30. The maximum atomic E-state index is 6.19. The van der Waals surface area contributed by atoms with Gasteiger partial charge < -0.3 is 0 Å². The fraction of sp³-hybridized carbons (Fsp3) is 0.227. The highest BCUT2D eigenvalue weighted by atomic mass is 35.5. The minimum atomic E-state index is 0.262. The largest absolute Gasteiger partial charge is 0.256 e. The summed E-state index contributed by atoms with van der Waals surface area (Å²) in [5.41, 5.74) is 4.65. The van der Waals surface area contributed by atoms with E-state index in [1.165, 1.54) is 11.1 Å². The Morgan fingerprint density at radius 1 is 1.11 bits per heavy atom. The average Bonchev–Trinajstić information content (AvgIpc) is 2.91. The lowest BCUT2D eigenvalue weighted by molar-refractivity contribution is 0.489. The zero-order valence-electron chi connectivity index (χ0n) is 15.7. The molecular formula is C22H22Cl2N2S. The van der Waals surface area contributed by atoms with Gasteiger partial charge in [0.05, 0.1) is 5.69 Å². The van der Waals surface area contributed by atoms with Crippen molar-refractivity contribution in [1.29, 1.82) is 0 Å². The van der Waals surface area contributed by atoms with Crippen molar-refractivity contribution in [2.75, 3.05) is 0 Å². The van der Waals surface area contributed by atoms with Crippen molar-refractivity contribution in [2.45, 2.75) is 43.2 Å². The molecule has 27 heavy (non-hydrogen) atoms. The van der Waals surface area contributed by atoms with Crippen LogP contribution in [0, 0.1) is 6.92 Å². The molecule has 0 unspecified atom stereocenters. The lowest BCUT2D eigenvalue weighted by atomic mass is 10.0. The van der Waals surface area contributed by atoms with E-state index in [1.807, 2.05) is 18.2 Å². The normalized spacial score (nSPS) is 11.2. The van der Waals surface area contributed by atoms with Crippen LogP contribution in [-0.4, -0.2) is 9.78 Å². The molecule has 0 aliphatic rings. The number of aromatic nitrogens is 2. The van der Waals surface area contributed by atoms with E-state index in [9.17, 15) is 0 Å². The topological polar surface area (TPSA) is 17.8 Å². The van der Waals surface area contributed by atoms with Crippen LogP contribution in [-0.2, 0) is 6.42 Å². The van der Waals surface area contributed by atoms with Crippen LogP contribution in [0.2, 0.25) is 10.0 Å². The second-order valence-corrected chi connectivity index (χ2v) is 8.67. The van der Waals surface area contributed by atoms with Gasteiger partial charge in [0.25, 0.3) is 0 Å². The number of aryl methyl sites for hydroxylation is 1. The van der Waals surface area contributed by atoms with Crippen molar-refractivity contribution in [3.05, 3.63) is 81.5 Å². The molecular weight excluding hydrogens is 395 g/mol. The zero-order chi connectivity index (χ0) is 19.6. The number of hydrogen-bond donors (Lipinski definition) is 0. The van der Waals surface area contributed by atoms with Crippen LogP contribution in [0.1, 0.15) is 42.3 Å². The van der Waals surface area contributed by atoms with Gasteiger partial charge >= 0.3 is 0 Å². The lowest BCUT2D eigenvalue weighted by Crippen LogP contribution is -2.05. The molecule has 0 atom stereocenters. The van der Waals surface area contributed by atoms with E-state index in [0.29, 0.717) is 10.0 Å². The van der Waals surface area contributed by atoms with E-state index in [4.69, 9.17) is 28.3 Å². The molecule has 140 valence electrons. The second kappa shape index (κ2) is 8.55. The summed E-state index contributed by atoms with van der Waals surface area (Å²) in [5.74, 6) is 0. The first kappa shape index (κ1) is 20.1. The SMILES string of the molecule is C=Cc1ccc(Cc2c(C)nn(C(C)C)c2Sc2cc(Cl)cc(Cl)c2)cc1. The average molecular weight is 417 g/mol. The molecule has 0 saturated heterocycles. The van der Waals surface area contributed by atoms with Crippen molar-refractivity contribution in [3.63, 3.8) is 0 Å². The molecule has 0 saturated carbocycles. The Bertz CT molecular complexity index is 939. The van der Waals surface area contributed by atoms with Crippen molar-refractivity contribution in [2.24, 2.45) is 0 Å². The van der Waals surface area contributed by atoms with Gasteiger partial charge in [-0.2, -0.15) is 5.10 Å². The third kappa shape index (κ3) is 4.78. The third-order valence-corrected chi connectivity index (χ3v) is 5.83. The molecule has 3 rings (SSSR count). The van der Waals surface area contributed by atoms with Crippen LogP contribution in [0.15, 0.2) is 59.0 Å². The number of benzene rings is 2. The molecule has 0 amide bonds. The van der Waals surface area contributed by atoms with Crippen LogP contribution in [0.3, 0.4) is 0 Å². The van der Waals surface area contributed by atoms with E-state index in [0.717, 1.165) is 27.6 Å². The lowest BCUT2D eigenvalue weighted by Gasteiger charge is -2.13. The summed E-state index contributed by atoms with van der Waals surface area (Å²) >= 11 is 14.0. The number of rotatable bonds is 6. The maximum absolute atomic E-state index is 6.19. The molecule has 0 radical (unpaired) electrons. The van der Waals surface area contributed by atoms with E-state index in [-0.39, 0.29) is 6.04 Å². The number of nitrogens with zero attached hydrogens (tertiary/aromatic N) is 2. The monoisotopic (exact) mass is 416 g/mol. The summed E-state index contributed by atoms with van der Waals surface area (Å²) < 4.78 is 2.09. The van der Waals surface area contributed by atoms with Crippen LogP contribution in [0.4, 0.5) is 0 Å². The predicted octanol–water partition coefficient (Wildman–Crippen LogP) is 7.46. The summed E-state index contributed by atoms with van der Waals surface area (Å²) in [7, 11) is 0. The van der Waals surface area contributed by atoms with Crippen LogP contribution in [0.5, 0.6) is 0 Å². The minimum Gasteiger partial charge on any atom is -0.256 e. The Kier molecular flexibility index (Phi) is 6.36. The van der Waals surface area contributed by atoms with Gasteiger partial charge in [0.2, 0.25) is 0 Å². The van der Waals surface area contributed by atoms with Gasteiger partial charge in [0.1, 0.15) is 5.03 Å². The van der Waals surface area contributed by atoms with Gasteiger partial charge in [0, 0.05) is 33.0 Å². The Hall–Kier alpha value is -1.68. The number of hydrogen-bond acceptors (Lipinski definition) is 2. The standard InChI is InChI=1S/C22H22Cl2N2S/c1-5-16-6-8-17(9-7-16)10-21-15(4)25-26(14(2)3)22(21)27-20-12-18(23)11-19(24)13-20/h5-9,11-14H,1,10H2,2-4H3. The molecule has 1 aromatic heterocycles. The first-order valence-corrected chi connectivity index (χ1v) is 10.4. The Morgan fingerprint density at radius 2 is 1.74 bits per heavy atom. The fourth-order valence-corrected chi connectivity index (χ4v) is 4.84. The molecule has 0 aliphatic heterocycles. The Labute approximate surface area is 175 Å². The minimum absolute atomic E-state index is 0.262. The molecule has 3 aromatic rings. The Balaban J connectivity index is 2.00. The molecule has 0 fully saturated rings. The van der Waals surface area contributed by atoms with E-state index in [1.54, 1.807) is 17.8 Å². The quantitative estimate of drug-likeness (QED) is 0.414.